The molecule has 0 atom stereocenters. The van der Waals surface area contributed by atoms with Crippen LogP contribution in [0.15, 0.2) is 11.8 Å². The molecule has 0 heterocycles. The molecule has 2 nitrogen and oxygen atoms in total. The minimum atomic E-state index is 0.739. The second-order valence-corrected chi connectivity index (χ2v) is 3.56. The van der Waals surface area contributed by atoms with Crippen LogP contribution in [-0.4, -0.2) is 0 Å². The van der Waals surface area contributed by atoms with Crippen molar-refractivity contribution in [2.75, 3.05) is 0 Å². The summed E-state index contributed by atoms with van der Waals surface area (Å²) in [6.45, 7) is 0. The van der Waals surface area contributed by atoms with Gasteiger partial charge >= 0.3 is 0 Å². The van der Waals surface area contributed by atoms with Gasteiger partial charge in [-0.1, -0.05) is 32.1 Å². The van der Waals surface area contributed by atoms with Crippen LogP contribution in [0.4, 0.5) is 0 Å². The molecule has 1 aliphatic carbocycles. The van der Waals surface area contributed by atoms with E-state index in [0.717, 1.165) is 18.0 Å². The van der Waals surface area contributed by atoms with Crippen LogP contribution in [0.3, 0.4) is 0 Å². The van der Waals surface area contributed by atoms with Gasteiger partial charge in [0.05, 0.1) is 6.07 Å². The van der Waals surface area contributed by atoms with Crippen LogP contribution in [0.1, 0.15) is 38.5 Å². The number of nitrogens with zero attached hydrogens (tertiary/aromatic N) is 1. The Kier molecular flexibility index (Phi) is 3.66. The average Bonchev–Trinajstić information content (AvgIpc) is 2.06. The van der Waals surface area contributed by atoms with Crippen LogP contribution in [0, 0.1) is 17.2 Å². The third kappa shape index (κ3) is 2.96. The van der Waals surface area contributed by atoms with Gasteiger partial charge in [0.15, 0.2) is 0 Å². The molecule has 66 valence electrons. The molecule has 0 saturated heterocycles. The van der Waals surface area contributed by atoms with E-state index in [0.29, 0.717) is 0 Å². The van der Waals surface area contributed by atoms with E-state index in [9.17, 15) is 0 Å². The SMILES string of the molecule is N#CC=C(N)CC1CCCCC1. The lowest BCUT2D eigenvalue weighted by molar-refractivity contribution is 0.355. The highest BCUT2D eigenvalue weighted by atomic mass is 14.6. The molecule has 1 saturated carbocycles. The molecule has 1 rings (SSSR count). The molecular formula is C10H16N2. The maximum absolute atomic E-state index is 8.36. The lowest BCUT2D eigenvalue weighted by atomic mass is 9.86. The fraction of sp³-hybridized carbons (Fsp3) is 0.700. The molecule has 1 aliphatic rings. The molecule has 0 bridgehead atoms. The Morgan fingerprint density at radius 3 is 2.67 bits per heavy atom. The van der Waals surface area contributed by atoms with E-state index in [1.54, 1.807) is 0 Å². The lowest BCUT2D eigenvalue weighted by Crippen LogP contribution is -2.10. The summed E-state index contributed by atoms with van der Waals surface area (Å²) in [5.74, 6) is 0.739. The normalized spacial score (nSPS) is 20.4. The molecule has 0 unspecified atom stereocenters. The molecule has 0 spiro atoms. The molecule has 0 aromatic heterocycles. The van der Waals surface area contributed by atoms with Crippen molar-refractivity contribution in [1.82, 2.24) is 0 Å². The smallest absolute Gasteiger partial charge is 0.0930 e. The second kappa shape index (κ2) is 4.82. The molecule has 0 aromatic rings. The van der Waals surface area contributed by atoms with E-state index in [-0.39, 0.29) is 0 Å². The topological polar surface area (TPSA) is 49.8 Å². The van der Waals surface area contributed by atoms with Crippen molar-refractivity contribution in [2.45, 2.75) is 38.5 Å². The summed E-state index contributed by atoms with van der Waals surface area (Å²) in [4.78, 5) is 0. The summed E-state index contributed by atoms with van der Waals surface area (Å²) in [7, 11) is 0. The van der Waals surface area contributed by atoms with Crippen molar-refractivity contribution in [3.63, 3.8) is 0 Å². The molecular weight excluding hydrogens is 148 g/mol. The van der Waals surface area contributed by atoms with Crippen LogP contribution in [0.2, 0.25) is 0 Å². The van der Waals surface area contributed by atoms with E-state index < -0.39 is 0 Å². The van der Waals surface area contributed by atoms with Gasteiger partial charge in [-0.3, -0.25) is 0 Å². The quantitative estimate of drug-likeness (QED) is 0.637. The van der Waals surface area contributed by atoms with Gasteiger partial charge in [-0.2, -0.15) is 5.26 Å². The van der Waals surface area contributed by atoms with Gasteiger partial charge in [-0.05, 0) is 12.3 Å². The average molecular weight is 164 g/mol. The van der Waals surface area contributed by atoms with E-state index in [4.69, 9.17) is 11.0 Å². The van der Waals surface area contributed by atoms with Crippen molar-refractivity contribution < 1.29 is 0 Å². The third-order valence-corrected chi connectivity index (χ3v) is 2.50. The number of hydrogen-bond acceptors (Lipinski definition) is 2. The van der Waals surface area contributed by atoms with E-state index in [2.05, 4.69) is 0 Å². The van der Waals surface area contributed by atoms with Crippen LogP contribution < -0.4 is 5.73 Å². The molecule has 2 heteroatoms. The Balaban J connectivity index is 2.30. The highest BCUT2D eigenvalue weighted by molar-refractivity contribution is 5.10. The van der Waals surface area contributed by atoms with Crippen LogP contribution >= 0.6 is 0 Å². The highest BCUT2D eigenvalue weighted by Gasteiger charge is 2.13. The fourth-order valence-electron chi connectivity index (χ4n) is 1.87. The van der Waals surface area contributed by atoms with Crippen LogP contribution in [0.5, 0.6) is 0 Å². The van der Waals surface area contributed by atoms with Crippen molar-refractivity contribution >= 4 is 0 Å². The van der Waals surface area contributed by atoms with Gasteiger partial charge in [0.1, 0.15) is 0 Å². The standard InChI is InChI=1S/C10H16N2/c11-7-6-10(12)8-9-4-2-1-3-5-9/h6,9H,1-5,8,12H2. The summed E-state index contributed by atoms with van der Waals surface area (Å²) in [6, 6.07) is 1.97. The van der Waals surface area contributed by atoms with Crippen LogP contribution in [0.25, 0.3) is 0 Å². The van der Waals surface area contributed by atoms with E-state index in [1.165, 1.54) is 38.2 Å². The molecule has 0 aliphatic heterocycles. The van der Waals surface area contributed by atoms with Crippen molar-refractivity contribution in [1.29, 1.82) is 5.26 Å². The first-order chi connectivity index (χ1) is 5.83. The summed E-state index contributed by atoms with van der Waals surface area (Å²) >= 11 is 0. The molecule has 0 radical (unpaired) electrons. The minimum absolute atomic E-state index is 0.739. The predicted octanol–water partition coefficient (Wildman–Crippen LogP) is 2.32. The Morgan fingerprint density at radius 1 is 1.42 bits per heavy atom. The molecule has 1 fully saturated rings. The largest absolute Gasteiger partial charge is 0.401 e. The summed E-state index contributed by atoms with van der Waals surface area (Å²) < 4.78 is 0. The Labute approximate surface area is 74.1 Å². The molecule has 12 heavy (non-hydrogen) atoms. The molecule has 0 aromatic carbocycles. The maximum Gasteiger partial charge on any atom is 0.0930 e. The number of nitriles is 1. The highest BCUT2D eigenvalue weighted by Crippen LogP contribution is 2.27. The maximum atomic E-state index is 8.36. The summed E-state index contributed by atoms with van der Waals surface area (Å²) in [6.07, 6.45) is 9.02. The first-order valence-corrected chi connectivity index (χ1v) is 4.67. The number of allylic oxidation sites excluding steroid dienone is 2. The minimum Gasteiger partial charge on any atom is -0.401 e. The zero-order valence-corrected chi connectivity index (χ0v) is 7.42. The van der Waals surface area contributed by atoms with Crippen LogP contribution in [-0.2, 0) is 0 Å². The number of rotatable bonds is 2. The Bertz CT molecular complexity index is 194. The van der Waals surface area contributed by atoms with Gasteiger partial charge in [0, 0.05) is 11.8 Å². The number of hydrogen-bond donors (Lipinski definition) is 1. The lowest BCUT2D eigenvalue weighted by Gasteiger charge is -2.21. The predicted molar refractivity (Wildman–Crippen MR) is 49.1 cm³/mol. The van der Waals surface area contributed by atoms with Crippen molar-refractivity contribution in [3.8, 4) is 6.07 Å². The third-order valence-electron chi connectivity index (χ3n) is 2.50. The number of nitrogens with two attached hydrogens (primary N) is 1. The second-order valence-electron chi connectivity index (χ2n) is 3.56. The monoisotopic (exact) mass is 164 g/mol. The van der Waals surface area contributed by atoms with E-state index in [1.807, 2.05) is 6.07 Å². The zero-order valence-electron chi connectivity index (χ0n) is 7.42. The van der Waals surface area contributed by atoms with E-state index >= 15 is 0 Å². The first kappa shape index (κ1) is 9.12. The summed E-state index contributed by atoms with van der Waals surface area (Å²) in [5, 5.41) is 8.36. The molecule has 2 N–H and O–H groups in total. The summed E-state index contributed by atoms with van der Waals surface area (Å²) in [5.41, 5.74) is 6.41. The van der Waals surface area contributed by atoms with Gasteiger partial charge in [0.25, 0.3) is 0 Å². The Hall–Kier alpha value is -0.970. The zero-order chi connectivity index (χ0) is 8.81. The van der Waals surface area contributed by atoms with Gasteiger partial charge < -0.3 is 5.73 Å². The molecule has 0 amide bonds. The first-order valence-electron chi connectivity index (χ1n) is 4.67. The fourth-order valence-corrected chi connectivity index (χ4v) is 1.87. The Morgan fingerprint density at radius 2 is 2.08 bits per heavy atom. The van der Waals surface area contributed by atoms with Gasteiger partial charge in [0.2, 0.25) is 0 Å². The van der Waals surface area contributed by atoms with Crippen molar-refractivity contribution in [3.05, 3.63) is 11.8 Å². The van der Waals surface area contributed by atoms with Crippen molar-refractivity contribution in [2.24, 2.45) is 11.7 Å². The van der Waals surface area contributed by atoms with Gasteiger partial charge in [-0.25, -0.2) is 0 Å². The van der Waals surface area contributed by atoms with Gasteiger partial charge in [-0.15, -0.1) is 0 Å².